The van der Waals surface area contributed by atoms with E-state index in [1.807, 2.05) is 30.3 Å². The van der Waals surface area contributed by atoms with Gasteiger partial charge in [-0.25, -0.2) is 4.79 Å². The Kier molecular flexibility index (Phi) is 9.31. The highest BCUT2D eigenvalue weighted by atomic mass is 16.5. The lowest BCUT2D eigenvalue weighted by atomic mass is 9.95. The zero-order chi connectivity index (χ0) is 25.9. The maximum atomic E-state index is 11.1. The summed E-state index contributed by atoms with van der Waals surface area (Å²) in [5, 5.41) is 9.11. The first-order valence-electron chi connectivity index (χ1n) is 12.9. The van der Waals surface area contributed by atoms with E-state index in [4.69, 9.17) is 9.84 Å². The molecule has 37 heavy (non-hydrogen) atoms. The second kappa shape index (κ2) is 13.3. The van der Waals surface area contributed by atoms with Gasteiger partial charge in [0.2, 0.25) is 0 Å². The van der Waals surface area contributed by atoms with Gasteiger partial charge in [-0.2, -0.15) is 0 Å². The van der Waals surface area contributed by atoms with Gasteiger partial charge in [-0.3, -0.25) is 0 Å². The summed E-state index contributed by atoms with van der Waals surface area (Å²) in [6.07, 6.45) is 8.31. The molecule has 0 radical (unpaired) electrons. The normalized spacial score (nSPS) is 11.9. The molecule has 0 aliphatic carbocycles. The molecule has 4 rings (SSSR count). The quantitative estimate of drug-likeness (QED) is 0.219. The number of hydrogen-bond donors (Lipinski definition) is 1. The van der Waals surface area contributed by atoms with Crippen LogP contribution in [0.4, 0.5) is 0 Å². The molecule has 1 atom stereocenters. The number of benzene rings is 4. The molecule has 0 heterocycles. The fourth-order valence-corrected chi connectivity index (χ4v) is 4.32. The summed E-state index contributed by atoms with van der Waals surface area (Å²) in [6.45, 7) is 2.70. The van der Waals surface area contributed by atoms with E-state index >= 15 is 0 Å². The van der Waals surface area contributed by atoms with Crippen molar-refractivity contribution < 1.29 is 14.6 Å². The molecule has 0 aliphatic rings. The molecule has 0 aromatic heterocycles. The maximum Gasteiger partial charge on any atom is 0.335 e. The second-order valence-corrected chi connectivity index (χ2v) is 9.36. The predicted octanol–water partition coefficient (Wildman–Crippen LogP) is 8.03. The van der Waals surface area contributed by atoms with Gasteiger partial charge in [0.05, 0.1) is 5.56 Å². The molecule has 0 amide bonds. The van der Waals surface area contributed by atoms with Crippen molar-refractivity contribution in [1.29, 1.82) is 0 Å². The Balaban J connectivity index is 1.33. The first-order chi connectivity index (χ1) is 18.1. The SMILES string of the molecule is CCC(/C=C/c1ccccc1OCc1ccc(CCc2ccccc2)cc1)Cc1ccc(C(=O)O)cc1. The Morgan fingerprint density at radius 1 is 0.757 bits per heavy atom. The summed E-state index contributed by atoms with van der Waals surface area (Å²) in [4.78, 5) is 11.1. The number of ether oxygens (including phenoxy) is 1. The molecule has 3 nitrogen and oxygen atoms in total. The Hall–Kier alpha value is -4.11. The lowest BCUT2D eigenvalue weighted by Gasteiger charge is -2.12. The van der Waals surface area contributed by atoms with Gasteiger partial charge in [0, 0.05) is 5.56 Å². The number of carboxylic acids is 1. The molecule has 4 aromatic rings. The summed E-state index contributed by atoms with van der Waals surface area (Å²) in [5.41, 5.74) is 6.36. The first kappa shape index (κ1) is 26.0. The van der Waals surface area contributed by atoms with Crippen LogP contribution >= 0.6 is 0 Å². The maximum absolute atomic E-state index is 11.1. The van der Waals surface area contributed by atoms with Crippen LogP contribution in [0.2, 0.25) is 0 Å². The molecule has 3 heteroatoms. The van der Waals surface area contributed by atoms with Crippen LogP contribution in [0.3, 0.4) is 0 Å². The zero-order valence-corrected chi connectivity index (χ0v) is 21.3. The minimum Gasteiger partial charge on any atom is -0.488 e. The molecular weight excluding hydrogens is 456 g/mol. The summed E-state index contributed by atoms with van der Waals surface area (Å²) < 4.78 is 6.21. The van der Waals surface area contributed by atoms with Crippen LogP contribution in [0, 0.1) is 5.92 Å². The van der Waals surface area contributed by atoms with E-state index in [9.17, 15) is 4.79 Å². The van der Waals surface area contributed by atoms with Crippen LogP contribution in [0.15, 0.2) is 109 Å². The molecule has 0 aliphatic heterocycles. The number of allylic oxidation sites excluding steroid dienone is 1. The van der Waals surface area contributed by atoms with Gasteiger partial charge in [-0.1, -0.05) is 104 Å². The van der Waals surface area contributed by atoms with Crippen LogP contribution in [0.5, 0.6) is 5.75 Å². The molecule has 1 unspecified atom stereocenters. The summed E-state index contributed by atoms with van der Waals surface area (Å²) in [7, 11) is 0. The molecule has 4 aromatic carbocycles. The lowest BCUT2D eigenvalue weighted by molar-refractivity contribution is 0.0697. The summed E-state index contributed by atoms with van der Waals surface area (Å²) in [6, 6.07) is 34.6. The van der Waals surface area contributed by atoms with Crippen molar-refractivity contribution in [2.24, 2.45) is 5.92 Å². The number of hydrogen-bond acceptors (Lipinski definition) is 2. The zero-order valence-electron chi connectivity index (χ0n) is 21.3. The molecule has 0 saturated heterocycles. The van der Waals surface area contributed by atoms with Crippen LogP contribution in [-0.4, -0.2) is 11.1 Å². The van der Waals surface area contributed by atoms with Crippen LogP contribution in [-0.2, 0) is 25.9 Å². The predicted molar refractivity (Wildman–Crippen MR) is 151 cm³/mol. The Morgan fingerprint density at radius 3 is 2.03 bits per heavy atom. The number of carbonyl (C=O) groups is 1. The first-order valence-corrected chi connectivity index (χ1v) is 12.9. The largest absolute Gasteiger partial charge is 0.488 e. The van der Waals surface area contributed by atoms with Crippen molar-refractivity contribution in [2.75, 3.05) is 0 Å². The van der Waals surface area contributed by atoms with Crippen LogP contribution < -0.4 is 4.74 Å². The monoisotopic (exact) mass is 490 g/mol. The lowest BCUT2D eigenvalue weighted by Crippen LogP contribution is -2.02. The topological polar surface area (TPSA) is 46.5 Å². The van der Waals surface area contributed by atoms with Gasteiger partial charge >= 0.3 is 5.97 Å². The van der Waals surface area contributed by atoms with Crippen LogP contribution in [0.1, 0.15) is 51.5 Å². The average Bonchev–Trinajstić information content (AvgIpc) is 2.95. The van der Waals surface area contributed by atoms with Gasteiger partial charge in [0.1, 0.15) is 12.4 Å². The number of carboxylic acid groups (broad SMARTS) is 1. The standard InChI is InChI=1S/C34H34O3/c1-2-26(24-29-19-22-32(23-20-29)34(35)36)18-21-31-10-6-7-11-33(31)37-25-30-16-14-28(15-17-30)13-12-27-8-4-3-5-9-27/h3-11,14-23,26H,2,12-13,24-25H2,1H3,(H,35,36)/b21-18+. The molecule has 0 bridgehead atoms. The smallest absolute Gasteiger partial charge is 0.335 e. The Morgan fingerprint density at radius 2 is 1.35 bits per heavy atom. The third-order valence-electron chi connectivity index (χ3n) is 6.65. The third kappa shape index (κ3) is 7.94. The van der Waals surface area contributed by atoms with Crippen molar-refractivity contribution in [3.8, 4) is 5.75 Å². The molecule has 1 N–H and O–H groups in total. The average molecular weight is 491 g/mol. The molecule has 0 saturated carbocycles. The van der Waals surface area contributed by atoms with Gasteiger partial charge in [0.25, 0.3) is 0 Å². The van der Waals surface area contributed by atoms with Crippen molar-refractivity contribution >= 4 is 12.0 Å². The third-order valence-corrected chi connectivity index (χ3v) is 6.65. The van der Waals surface area contributed by atoms with Crippen molar-refractivity contribution in [1.82, 2.24) is 0 Å². The van der Waals surface area contributed by atoms with Crippen molar-refractivity contribution in [3.63, 3.8) is 0 Å². The number of para-hydroxylation sites is 1. The number of aryl methyl sites for hydroxylation is 2. The van der Waals surface area contributed by atoms with Crippen LogP contribution in [0.25, 0.3) is 6.08 Å². The van der Waals surface area contributed by atoms with Gasteiger partial charge in [-0.05, 0) is 72.1 Å². The van der Waals surface area contributed by atoms with Gasteiger partial charge < -0.3 is 9.84 Å². The van der Waals surface area contributed by atoms with Gasteiger partial charge in [0.15, 0.2) is 0 Å². The second-order valence-electron chi connectivity index (χ2n) is 9.36. The number of aromatic carboxylic acids is 1. The van der Waals surface area contributed by atoms with E-state index in [0.29, 0.717) is 18.1 Å². The highest BCUT2D eigenvalue weighted by Gasteiger charge is 2.08. The van der Waals surface area contributed by atoms with E-state index < -0.39 is 5.97 Å². The highest BCUT2D eigenvalue weighted by Crippen LogP contribution is 2.23. The van der Waals surface area contributed by atoms with E-state index in [0.717, 1.165) is 48.1 Å². The molecule has 0 spiro atoms. The molecule has 0 fully saturated rings. The van der Waals surface area contributed by atoms with E-state index in [1.54, 1.807) is 12.1 Å². The Labute approximate surface area is 220 Å². The fourth-order valence-electron chi connectivity index (χ4n) is 4.32. The van der Waals surface area contributed by atoms with Crippen molar-refractivity contribution in [3.05, 3.63) is 143 Å². The van der Waals surface area contributed by atoms with E-state index in [-0.39, 0.29) is 0 Å². The van der Waals surface area contributed by atoms with E-state index in [2.05, 4.69) is 79.7 Å². The minimum absolute atomic E-state index is 0.320. The van der Waals surface area contributed by atoms with Crippen molar-refractivity contribution in [2.45, 2.75) is 39.2 Å². The summed E-state index contributed by atoms with van der Waals surface area (Å²) in [5.74, 6) is 0.328. The highest BCUT2D eigenvalue weighted by molar-refractivity contribution is 5.87. The minimum atomic E-state index is -0.894. The van der Waals surface area contributed by atoms with Gasteiger partial charge in [-0.15, -0.1) is 0 Å². The number of rotatable bonds is 12. The van der Waals surface area contributed by atoms with E-state index in [1.165, 1.54) is 11.1 Å². The molecule has 188 valence electrons. The Bertz CT molecular complexity index is 1290. The summed E-state index contributed by atoms with van der Waals surface area (Å²) >= 11 is 0. The molecular formula is C34H34O3. The fraction of sp³-hybridized carbons (Fsp3) is 0.206.